The monoisotopic (exact) mass is 818 g/mol. The number of thioether (sulfide) groups is 2. The largest absolute Gasteiger partial charge is 0.497 e. The van der Waals surface area contributed by atoms with E-state index in [4.69, 9.17) is 18.6 Å². The van der Waals surface area contributed by atoms with Crippen LogP contribution in [0.3, 0.4) is 0 Å². The molecule has 306 valence electrons. The molecule has 0 spiro atoms. The van der Waals surface area contributed by atoms with E-state index in [1.54, 1.807) is 49.9 Å². The molecule has 3 aromatic rings. The van der Waals surface area contributed by atoms with Gasteiger partial charge in [-0.1, -0.05) is 12.1 Å². The molecule has 56 heavy (non-hydrogen) atoms. The molecule has 2 saturated carbocycles. The lowest BCUT2D eigenvalue weighted by Crippen LogP contribution is -2.37. The number of carbonyl (C=O) groups is 6. The molecule has 2 aromatic carbocycles. The van der Waals surface area contributed by atoms with Gasteiger partial charge in [0.25, 0.3) is 0 Å². The fourth-order valence-corrected chi connectivity index (χ4v) is 8.00. The third kappa shape index (κ3) is 12.7. The molecule has 15 nitrogen and oxygen atoms in total. The lowest BCUT2D eigenvalue weighted by Gasteiger charge is -2.25. The Morgan fingerprint density at radius 2 is 1.36 bits per heavy atom. The molecule has 0 aliphatic heterocycles. The molecule has 0 saturated heterocycles. The van der Waals surface area contributed by atoms with Gasteiger partial charge in [-0.15, -0.1) is 23.5 Å². The van der Waals surface area contributed by atoms with E-state index in [2.05, 4.69) is 10.6 Å². The third-order valence-electron chi connectivity index (χ3n) is 9.31. The zero-order valence-electron chi connectivity index (χ0n) is 31.8. The second-order valence-corrected chi connectivity index (χ2v) is 14.7. The van der Waals surface area contributed by atoms with Crippen LogP contribution in [-0.2, 0) is 28.7 Å². The van der Waals surface area contributed by atoms with Crippen LogP contribution in [0.25, 0.3) is 11.0 Å². The van der Waals surface area contributed by atoms with Crippen LogP contribution in [0.4, 0.5) is 16.2 Å². The second kappa shape index (κ2) is 23.4. The van der Waals surface area contributed by atoms with Crippen molar-refractivity contribution in [3.05, 3.63) is 64.5 Å². The Hall–Kier alpha value is -4.71. The van der Waals surface area contributed by atoms with E-state index in [1.807, 2.05) is 12.1 Å². The Bertz CT molecular complexity index is 1900. The number of amides is 1. The average Bonchev–Trinajstić information content (AvgIpc) is 3.17. The van der Waals surface area contributed by atoms with Crippen molar-refractivity contribution in [3.8, 4) is 5.75 Å². The summed E-state index contributed by atoms with van der Waals surface area (Å²) in [6, 6.07) is 13.7. The summed E-state index contributed by atoms with van der Waals surface area (Å²) in [5, 5.41) is 4.90. The number of esters is 1. The SMILES string of the molecule is CNc1ccccc1C(=O)OCCCC1CCC(=O)C(SC)C1=O.COc1ccc2cc(NC(=O)OCCCC3CCC(=O)C(SC)C3=O)c(=O)oc2c1.O.O. The van der Waals surface area contributed by atoms with Gasteiger partial charge in [-0.3, -0.25) is 24.5 Å². The molecule has 2 aliphatic carbocycles. The van der Waals surface area contributed by atoms with Crippen molar-refractivity contribution in [2.24, 2.45) is 11.8 Å². The summed E-state index contributed by atoms with van der Waals surface area (Å²) >= 11 is 2.59. The molecular formula is C39H50N2O13S2. The lowest BCUT2D eigenvalue weighted by atomic mass is 9.84. The standard InChI is InChI=1S/C21H23NO7S.C18H23NO4S.2H2O/c1-27-14-7-5-13-10-15(20(25)29-17(13)11-14)22-21(26)28-9-3-4-12-6-8-16(23)19(30-2)18(12)24;1-19-14-8-4-3-7-13(14)18(22)23-11-5-6-12-9-10-15(20)17(24-2)16(12)21;;/h5,7,10-12,19H,3-4,6,8-9H2,1-2H3,(H,22,26);3-4,7-8,12,17,19H,5-6,9-11H2,1-2H3;2*1H2. The molecule has 0 bridgehead atoms. The number of carbonyl (C=O) groups excluding carboxylic acids is 6. The van der Waals surface area contributed by atoms with Crippen molar-refractivity contribution in [1.29, 1.82) is 0 Å². The molecule has 1 heterocycles. The molecule has 17 heteroatoms. The summed E-state index contributed by atoms with van der Waals surface area (Å²) in [5.41, 5.74) is 0.847. The number of anilines is 2. The Morgan fingerprint density at radius 3 is 1.91 bits per heavy atom. The van der Waals surface area contributed by atoms with Crippen LogP contribution in [0.1, 0.15) is 61.7 Å². The number of hydrogen-bond acceptors (Lipinski definition) is 14. The highest BCUT2D eigenvalue weighted by atomic mass is 32.2. The Labute approximate surface area is 333 Å². The predicted molar refractivity (Wildman–Crippen MR) is 216 cm³/mol. The van der Waals surface area contributed by atoms with Gasteiger partial charge < -0.3 is 34.9 Å². The zero-order valence-corrected chi connectivity index (χ0v) is 33.4. The van der Waals surface area contributed by atoms with Crippen LogP contribution in [0.15, 0.2) is 57.7 Å². The van der Waals surface area contributed by atoms with Gasteiger partial charge in [0.1, 0.15) is 27.5 Å². The molecule has 5 rings (SSSR count). The summed E-state index contributed by atoms with van der Waals surface area (Å²) in [7, 11) is 3.26. The molecule has 6 N–H and O–H groups in total. The van der Waals surface area contributed by atoms with Crippen LogP contribution in [0, 0.1) is 11.8 Å². The minimum Gasteiger partial charge on any atom is -0.497 e. The van der Waals surface area contributed by atoms with Crippen molar-refractivity contribution in [3.63, 3.8) is 0 Å². The number of ether oxygens (including phenoxy) is 3. The first kappa shape index (κ1) is 47.4. The van der Waals surface area contributed by atoms with Crippen LogP contribution < -0.4 is 21.0 Å². The smallest absolute Gasteiger partial charge is 0.411 e. The number of nitrogens with one attached hydrogen (secondary N) is 2. The van der Waals surface area contributed by atoms with Gasteiger partial charge in [0.2, 0.25) is 0 Å². The zero-order chi connectivity index (χ0) is 39.2. The molecule has 2 aliphatic rings. The fraction of sp³-hybridized carbons (Fsp3) is 0.462. The first-order chi connectivity index (χ1) is 26.0. The van der Waals surface area contributed by atoms with Crippen LogP contribution >= 0.6 is 23.5 Å². The first-order valence-electron chi connectivity index (χ1n) is 17.7. The summed E-state index contributed by atoms with van der Waals surface area (Å²) < 4.78 is 20.7. The Morgan fingerprint density at radius 1 is 0.786 bits per heavy atom. The summed E-state index contributed by atoms with van der Waals surface area (Å²) in [5.74, 6) is -0.0626. The van der Waals surface area contributed by atoms with Crippen molar-refractivity contribution < 1.29 is 58.3 Å². The molecule has 1 aromatic heterocycles. The van der Waals surface area contributed by atoms with E-state index >= 15 is 0 Å². The predicted octanol–water partition coefficient (Wildman–Crippen LogP) is 4.71. The second-order valence-electron chi connectivity index (χ2n) is 12.8. The van der Waals surface area contributed by atoms with E-state index in [-0.39, 0.29) is 70.8 Å². The van der Waals surface area contributed by atoms with E-state index in [1.165, 1.54) is 36.7 Å². The van der Waals surface area contributed by atoms with E-state index in [0.717, 1.165) is 5.69 Å². The van der Waals surface area contributed by atoms with Gasteiger partial charge in [-0.25, -0.2) is 14.4 Å². The number of para-hydroxylation sites is 1. The van der Waals surface area contributed by atoms with E-state index < -0.39 is 22.2 Å². The summed E-state index contributed by atoms with van der Waals surface area (Å²) in [6.07, 6.45) is 7.15. The van der Waals surface area contributed by atoms with Gasteiger partial charge in [0, 0.05) is 48.9 Å². The number of ketones is 4. The van der Waals surface area contributed by atoms with Crippen LogP contribution in [0.2, 0.25) is 0 Å². The Kier molecular flexibility index (Phi) is 19.8. The van der Waals surface area contributed by atoms with Crippen LogP contribution in [-0.4, -0.2) is 96.5 Å². The number of fused-ring (bicyclic) bond motifs is 1. The minimum atomic E-state index is -0.776. The lowest BCUT2D eigenvalue weighted by molar-refractivity contribution is -0.133. The maximum absolute atomic E-state index is 12.3. The van der Waals surface area contributed by atoms with Crippen LogP contribution in [0.5, 0.6) is 5.75 Å². The molecule has 4 unspecified atom stereocenters. The topological polar surface area (TPSA) is 247 Å². The third-order valence-corrected chi connectivity index (χ3v) is 11.2. The molecule has 0 radical (unpaired) electrons. The molecule has 1 amide bonds. The average molecular weight is 819 g/mol. The number of Topliss-reactive ketones (excluding diaryl/α,β-unsaturated/α-hetero) is 4. The summed E-state index contributed by atoms with van der Waals surface area (Å²) in [6.45, 7) is 0.377. The number of hydrogen-bond donors (Lipinski definition) is 2. The quantitative estimate of drug-likeness (QED) is 0.0969. The summed E-state index contributed by atoms with van der Waals surface area (Å²) in [4.78, 5) is 84.2. The first-order valence-corrected chi connectivity index (χ1v) is 20.3. The molecular weight excluding hydrogens is 769 g/mol. The van der Waals surface area contributed by atoms with Crippen molar-refractivity contribution >= 4 is 81.1 Å². The molecule has 2 fully saturated rings. The van der Waals surface area contributed by atoms with E-state index in [0.29, 0.717) is 73.6 Å². The highest BCUT2D eigenvalue weighted by molar-refractivity contribution is 8.00. The maximum Gasteiger partial charge on any atom is 0.411 e. The van der Waals surface area contributed by atoms with Gasteiger partial charge in [-0.05, 0) is 81.4 Å². The van der Waals surface area contributed by atoms with Crippen molar-refractivity contribution in [2.75, 3.05) is 50.5 Å². The van der Waals surface area contributed by atoms with Gasteiger partial charge in [-0.2, -0.15) is 0 Å². The highest BCUT2D eigenvalue weighted by Crippen LogP contribution is 2.30. The fourth-order valence-electron chi connectivity index (χ4n) is 6.39. The van der Waals surface area contributed by atoms with Crippen molar-refractivity contribution in [1.82, 2.24) is 0 Å². The number of rotatable bonds is 14. The molecule has 4 atom stereocenters. The highest BCUT2D eigenvalue weighted by Gasteiger charge is 2.37. The van der Waals surface area contributed by atoms with Crippen molar-refractivity contribution in [2.45, 2.75) is 61.9 Å². The minimum absolute atomic E-state index is 0. The Balaban J connectivity index is 0.000000382. The maximum atomic E-state index is 12.3. The number of methoxy groups -OCH3 is 1. The number of benzene rings is 2. The van der Waals surface area contributed by atoms with Gasteiger partial charge in [0.05, 0.1) is 25.9 Å². The van der Waals surface area contributed by atoms with E-state index in [9.17, 15) is 33.6 Å². The normalized spacial score (nSPS) is 19.1. The van der Waals surface area contributed by atoms with Gasteiger partial charge in [0.15, 0.2) is 23.1 Å². The van der Waals surface area contributed by atoms with Gasteiger partial charge >= 0.3 is 17.7 Å².